The first-order chi connectivity index (χ1) is 20.3. The average molecular weight is 521 g/mol. The van der Waals surface area contributed by atoms with Crippen molar-refractivity contribution in [2.24, 2.45) is 0 Å². The first kappa shape index (κ1) is 22.4. The SMILES string of the molecule is c1ccc2c(-c3c4ccccc4c(-c4ccc5c(c4)oc4c6ccccc6ccc54)c4ccccc34)cccc2c1. The highest BCUT2D eigenvalue weighted by Gasteiger charge is 2.19. The van der Waals surface area contributed by atoms with Crippen LogP contribution in [-0.2, 0) is 0 Å². The molecule has 1 aromatic heterocycles. The molecule has 41 heavy (non-hydrogen) atoms. The van der Waals surface area contributed by atoms with E-state index < -0.39 is 0 Å². The van der Waals surface area contributed by atoms with Crippen LogP contribution in [0.15, 0.2) is 150 Å². The van der Waals surface area contributed by atoms with Gasteiger partial charge in [0.1, 0.15) is 11.2 Å². The molecule has 0 N–H and O–H groups in total. The first-order valence-corrected chi connectivity index (χ1v) is 14.1. The minimum Gasteiger partial charge on any atom is -0.455 e. The largest absolute Gasteiger partial charge is 0.455 e. The highest BCUT2D eigenvalue weighted by molar-refractivity contribution is 6.24. The summed E-state index contributed by atoms with van der Waals surface area (Å²) >= 11 is 0. The van der Waals surface area contributed by atoms with Gasteiger partial charge >= 0.3 is 0 Å². The molecule has 0 saturated carbocycles. The maximum atomic E-state index is 6.59. The van der Waals surface area contributed by atoms with E-state index >= 15 is 0 Å². The van der Waals surface area contributed by atoms with Gasteiger partial charge < -0.3 is 4.42 Å². The molecule has 1 nitrogen and oxygen atoms in total. The van der Waals surface area contributed by atoms with Crippen LogP contribution < -0.4 is 0 Å². The molecular formula is C40H24O. The second-order valence-electron chi connectivity index (χ2n) is 10.8. The fourth-order valence-electron chi connectivity index (χ4n) is 6.83. The van der Waals surface area contributed by atoms with E-state index in [9.17, 15) is 0 Å². The van der Waals surface area contributed by atoms with E-state index in [4.69, 9.17) is 4.42 Å². The number of furan rings is 1. The van der Waals surface area contributed by atoms with Crippen molar-refractivity contribution in [3.05, 3.63) is 146 Å². The van der Waals surface area contributed by atoms with Crippen molar-refractivity contribution in [3.63, 3.8) is 0 Å². The molecule has 0 radical (unpaired) electrons. The van der Waals surface area contributed by atoms with Gasteiger partial charge in [-0.3, -0.25) is 0 Å². The molecule has 0 aliphatic heterocycles. The van der Waals surface area contributed by atoms with Crippen LogP contribution in [0, 0.1) is 0 Å². The summed E-state index contributed by atoms with van der Waals surface area (Å²) in [6.07, 6.45) is 0. The summed E-state index contributed by atoms with van der Waals surface area (Å²) < 4.78 is 6.59. The number of benzene rings is 8. The minimum absolute atomic E-state index is 0.917. The Balaban J connectivity index is 1.38. The predicted molar refractivity (Wildman–Crippen MR) is 175 cm³/mol. The number of rotatable bonds is 2. The van der Waals surface area contributed by atoms with E-state index in [0.29, 0.717) is 0 Å². The second kappa shape index (κ2) is 8.55. The molecule has 0 aliphatic rings. The Bertz CT molecular complexity index is 2410. The van der Waals surface area contributed by atoms with Gasteiger partial charge in [0.2, 0.25) is 0 Å². The number of fused-ring (bicyclic) bond motifs is 8. The van der Waals surface area contributed by atoms with Crippen LogP contribution in [0.3, 0.4) is 0 Å². The van der Waals surface area contributed by atoms with Gasteiger partial charge in [-0.1, -0.05) is 127 Å². The molecule has 1 heteroatoms. The van der Waals surface area contributed by atoms with E-state index in [0.717, 1.165) is 32.9 Å². The zero-order valence-corrected chi connectivity index (χ0v) is 22.3. The van der Waals surface area contributed by atoms with Crippen molar-refractivity contribution in [2.75, 3.05) is 0 Å². The Morgan fingerprint density at radius 1 is 0.341 bits per heavy atom. The Hall–Kier alpha value is -5.40. The predicted octanol–water partition coefficient (Wildman–Crippen LogP) is 11.5. The molecule has 190 valence electrons. The van der Waals surface area contributed by atoms with Crippen LogP contribution in [0.5, 0.6) is 0 Å². The highest BCUT2D eigenvalue weighted by atomic mass is 16.3. The van der Waals surface area contributed by atoms with Crippen molar-refractivity contribution in [2.45, 2.75) is 0 Å². The van der Waals surface area contributed by atoms with Gasteiger partial charge in [0.15, 0.2) is 0 Å². The van der Waals surface area contributed by atoms with Gasteiger partial charge in [-0.25, -0.2) is 0 Å². The molecule has 9 rings (SSSR count). The van der Waals surface area contributed by atoms with Gasteiger partial charge in [-0.2, -0.15) is 0 Å². The van der Waals surface area contributed by atoms with E-state index in [2.05, 4.69) is 146 Å². The molecule has 9 aromatic rings. The third-order valence-corrected chi connectivity index (χ3v) is 8.64. The monoisotopic (exact) mass is 520 g/mol. The van der Waals surface area contributed by atoms with Gasteiger partial charge in [0, 0.05) is 16.2 Å². The van der Waals surface area contributed by atoms with E-state index in [-0.39, 0.29) is 0 Å². The fraction of sp³-hybridized carbons (Fsp3) is 0. The second-order valence-corrected chi connectivity index (χ2v) is 10.8. The van der Waals surface area contributed by atoms with Crippen LogP contribution in [0.1, 0.15) is 0 Å². The van der Waals surface area contributed by atoms with Crippen molar-refractivity contribution in [1.82, 2.24) is 0 Å². The zero-order valence-electron chi connectivity index (χ0n) is 22.3. The number of hydrogen-bond donors (Lipinski definition) is 0. The summed E-state index contributed by atoms with van der Waals surface area (Å²) in [6.45, 7) is 0. The molecule has 1 heterocycles. The standard InChI is InChI=1S/C40H24O/c1-3-13-28-25(10-1)12-9-19-31(28)39-34-17-7-5-15-32(34)38(33-16-6-8-18-35(33)39)27-21-22-30-36-23-20-26-11-2-4-14-29(26)40(36)41-37(30)24-27/h1-24H. The van der Waals surface area contributed by atoms with E-state index in [1.54, 1.807) is 0 Å². The van der Waals surface area contributed by atoms with Gasteiger partial charge in [0.25, 0.3) is 0 Å². The maximum absolute atomic E-state index is 6.59. The van der Waals surface area contributed by atoms with Crippen molar-refractivity contribution >= 4 is 65.0 Å². The van der Waals surface area contributed by atoms with Crippen LogP contribution in [-0.4, -0.2) is 0 Å². The minimum atomic E-state index is 0.917. The third-order valence-electron chi connectivity index (χ3n) is 8.64. The summed E-state index contributed by atoms with van der Waals surface area (Å²) in [4.78, 5) is 0. The van der Waals surface area contributed by atoms with E-state index in [1.807, 2.05) is 0 Å². The molecule has 0 spiro atoms. The molecular weight excluding hydrogens is 496 g/mol. The molecule has 0 unspecified atom stereocenters. The van der Waals surface area contributed by atoms with Crippen molar-refractivity contribution < 1.29 is 4.42 Å². The third kappa shape index (κ3) is 3.24. The molecule has 0 atom stereocenters. The Morgan fingerprint density at radius 2 is 0.878 bits per heavy atom. The lowest BCUT2D eigenvalue weighted by molar-refractivity contribution is 0.673. The average Bonchev–Trinajstić information content (AvgIpc) is 3.42. The molecule has 0 fully saturated rings. The smallest absolute Gasteiger partial charge is 0.143 e. The van der Waals surface area contributed by atoms with E-state index in [1.165, 1.54) is 54.4 Å². The topological polar surface area (TPSA) is 13.1 Å². The summed E-state index contributed by atoms with van der Waals surface area (Å²) in [7, 11) is 0. The summed E-state index contributed by atoms with van der Waals surface area (Å²) in [5, 5.41) is 12.2. The Labute approximate surface area is 236 Å². The highest BCUT2D eigenvalue weighted by Crippen LogP contribution is 2.46. The molecule has 8 aromatic carbocycles. The fourth-order valence-corrected chi connectivity index (χ4v) is 6.83. The van der Waals surface area contributed by atoms with Crippen LogP contribution in [0.25, 0.3) is 87.3 Å². The quantitative estimate of drug-likeness (QED) is 0.207. The summed E-state index contributed by atoms with van der Waals surface area (Å²) in [5.74, 6) is 0. The van der Waals surface area contributed by atoms with Crippen LogP contribution in [0.2, 0.25) is 0 Å². The normalized spacial score (nSPS) is 11.9. The molecule has 0 amide bonds. The Morgan fingerprint density at radius 3 is 1.59 bits per heavy atom. The van der Waals surface area contributed by atoms with Crippen LogP contribution >= 0.6 is 0 Å². The lowest BCUT2D eigenvalue weighted by Crippen LogP contribution is -1.91. The maximum Gasteiger partial charge on any atom is 0.143 e. The Kier molecular flexibility index (Phi) is 4.67. The molecule has 0 bridgehead atoms. The summed E-state index contributed by atoms with van der Waals surface area (Å²) in [5.41, 5.74) is 6.83. The van der Waals surface area contributed by atoms with Gasteiger partial charge in [-0.15, -0.1) is 0 Å². The van der Waals surface area contributed by atoms with Crippen molar-refractivity contribution in [1.29, 1.82) is 0 Å². The van der Waals surface area contributed by atoms with Crippen molar-refractivity contribution in [3.8, 4) is 22.3 Å². The zero-order chi connectivity index (χ0) is 26.9. The van der Waals surface area contributed by atoms with Crippen LogP contribution in [0.4, 0.5) is 0 Å². The summed E-state index contributed by atoms with van der Waals surface area (Å²) in [6, 6.07) is 52.6. The lowest BCUT2D eigenvalue weighted by atomic mass is 9.84. The molecule has 0 aliphatic carbocycles. The first-order valence-electron chi connectivity index (χ1n) is 14.1. The van der Waals surface area contributed by atoms with Gasteiger partial charge in [-0.05, 0) is 78.2 Å². The molecule has 0 saturated heterocycles. The van der Waals surface area contributed by atoms with Gasteiger partial charge in [0.05, 0.1) is 0 Å². The lowest BCUT2D eigenvalue weighted by Gasteiger charge is -2.18. The number of hydrogen-bond acceptors (Lipinski definition) is 1.